The van der Waals surface area contributed by atoms with Crippen LogP contribution in [0.15, 0.2) is 42.0 Å². The number of hydrogen-bond acceptors (Lipinski definition) is 1. The molecule has 0 saturated heterocycles. The van der Waals surface area contributed by atoms with Crippen LogP contribution in [0.3, 0.4) is 0 Å². The molecule has 0 fully saturated rings. The molecule has 0 bridgehead atoms. The van der Waals surface area contributed by atoms with Gasteiger partial charge in [-0.3, -0.25) is 4.79 Å². The van der Waals surface area contributed by atoms with Crippen LogP contribution in [-0.2, 0) is 4.79 Å². The molecule has 14 heavy (non-hydrogen) atoms. The number of carbonyl (C=O) groups excluding carboxylic acids is 1. The van der Waals surface area contributed by atoms with Crippen molar-refractivity contribution in [3.8, 4) is 0 Å². The first-order valence-corrected chi connectivity index (χ1v) is 4.59. The molecular formula is C13H14O. The van der Waals surface area contributed by atoms with Crippen LogP contribution in [0.4, 0.5) is 0 Å². The monoisotopic (exact) mass is 186 g/mol. The molecule has 0 aromatic heterocycles. The van der Waals surface area contributed by atoms with E-state index in [4.69, 9.17) is 0 Å². The van der Waals surface area contributed by atoms with Crippen molar-refractivity contribution in [2.75, 3.05) is 0 Å². The van der Waals surface area contributed by atoms with E-state index < -0.39 is 0 Å². The maximum Gasteiger partial charge on any atom is 0.145 e. The van der Waals surface area contributed by atoms with E-state index in [1.165, 1.54) is 5.56 Å². The lowest BCUT2D eigenvalue weighted by molar-refractivity contribution is -0.104. The summed E-state index contributed by atoms with van der Waals surface area (Å²) >= 11 is 0. The molecule has 1 heteroatoms. The molecular weight excluding hydrogens is 172 g/mol. The average Bonchev–Trinajstić information content (AvgIpc) is 2.21. The molecule has 0 unspecified atom stereocenters. The van der Waals surface area contributed by atoms with Gasteiger partial charge in [0, 0.05) is 0 Å². The van der Waals surface area contributed by atoms with Crippen LogP contribution in [-0.4, -0.2) is 6.29 Å². The van der Waals surface area contributed by atoms with Crippen molar-refractivity contribution in [1.29, 1.82) is 0 Å². The predicted molar refractivity (Wildman–Crippen MR) is 60.0 cm³/mol. The summed E-state index contributed by atoms with van der Waals surface area (Å²) in [5.41, 5.74) is 3.13. The van der Waals surface area contributed by atoms with E-state index in [1.54, 1.807) is 13.0 Å². The van der Waals surface area contributed by atoms with Gasteiger partial charge in [-0.25, -0.2) is 0 Å². The second-order valence-corrected chi connectivity index (χ2v) is 3.30. The summed E-state index contributed by atoms with van der Waals surface area (Å²) in [6.07, 6.45) is 6.51. The van der Waals surface area contributed by atoms with E-state index in [-0.39, 0.29) is 0 Å². The van der Waals surface area contributed by atoms with Crippen molar-refractivity contribution in [2.45, 2.75) is 13.8 Å². The fraction of sp³-hybridized carbons (Fsp3) is 0.154. The van der Waals surface area contributed by atoms with E-state index >= 15 is 0 Å². The zero-order chi connectivity index (χ0) is 10.4. The molecule has 1 aromatic rings. The fourth-order valence-electron chi connectivity index (χ4n) is 1.03. The van der Waals surface area contributed by atoms with Gasteiger partial charge < -0.3 is 0 Å². The zero-order valence-corrected chi connectivity index (χ0v) is 8.53. The highest BCUT2D eigenvalue weighted by Crippen LogP contribution is 2.05. The molecule has 1 rings (SSSR count). The predicted octanol–water partition coefficient (Wildman–Crippen LogP) is 3.15. The Morgan fingerprint density at radius 3 is 2.43 bits per heavy atom. The van der Waals surface area contributed by atoms with Crippen molar-refractivity contribution in [1.82, 2.24) is 0 Å². The Morgan fingerprint density at radius 1 is 1.21 bits per heavy atom. The number of aldehydes is 1. The lowest BCUT2D eigenvalue weighted by atomic mass is 10.1. The molecule has 0 aliphatic carbocycles. The minimum Gasteiger partial charge on any atom is -0.298 e. The van der Waals surface area contributed by atoms with Gasteiger partial charge in [-0.15, -0.1) is 0 Å². The van der Waals surface area contributed by atoms with E-state index in [0.29, 0.717) is 0 Å². The molecule has 0 aliphatic heterocycles. The molecule has 0 N–H and O–H groups in total. The third kappa shape index (κ3) is 3.40. The van der Waals surface area contributed by atoms with Crippen LogP contribution in [0.1, 0.15) is 18.1 Å². The van der Waals surface area contributed by atoms with Gasteiger partial charge in [-0.05, 0) is 25.0 Å². The highest BCUT2D eigenvalue weighted by Gasteiger charge is 1.85. The Bertz CT molecular complexity index is 355. The second kappa shape index (κ2) is 5.18. The van der Waals surface area contributed by atoms with Gasteiger partial charge in [0.2, 0.25) is 0 Å². The van der Waals surface area contributed by atoms with Crippen molar-refractivity contribution < 1.29 is 4.79 Å². The standard InChI is InChI=1S/C13H14O/c1-11-6-8-13(9-7-11)5-3-4-12(2)10-14/h3-10H,1-2H3. The molecule has 0 aliphatic rings. The zero-order valence-electron chi connectivity index (χ0n) is 8.53. The van der Waals surface area contributed by atoms with Gasteiger partial charge in [-0.1, -0.05) is 48.1 Å². The number of allylic oxidation sites excluding steroid dienone is 3. The maximum atomic E-state index is 10.3. The molecule has 72 valence electrons. The van der Waals surface area contributed by atoms with Gasteiger partial charge in [0.1, 0.15) is 6.29 Å². The molecule has 1 aromatic carbocycles. The molecule has 0 heterocycles. The summed E-state index contributed by atoms with van der Waals surface area (Å²) < 4.78 is 0. The Morgan fingerprint density at radius 2 is 1.86 bits per heavy atom. The Labute approximate surface area is 84.8 Å². The molecule has 0 amide bonds. The summed E-state index contributed by atoms with van der Waals surface area (Å²) in [5, 5.41) is 0. The summed E-state index contributed by atoms with van der Waals surface area (Å²) in [4.78, 5) is 10.3. The van der Waals surface area contributed by atoms with E-state index in [1.807, 2.05) is 12.2 Å². The Hall–Kier alpha value is -1.63. The maximum absolute atomic E-state index is 10.3. The first-order chi connectivity index (χ1) is 6.72. The van der Waals surface area contributed by atoms with Crippen LogP contribution in [0, 0.1) is 6.92 Å². The van der Waals surface area contributed by atoms with Crippen molar-refractivity contribution >= 4 is 12.4 Å². The lowest BCUT2D eigenvalue weighted by Crippen LogP contribution is -1.74. The SMILES string of the molecule is CC(C=O)=CC=Cc1ccc(C)cc1. The molecule has 0 saturated carbocycles. The van der Waals surface area contributed by atoms with E-state index in [9.17, 15) is 4.79 Å². The van der Waals surface area contributed by atoms with Gasteiger partial charge in [-0.2, -0.15) is 0 Å². The van der Waals surface area contributed by atoms with Crippen LogP contribution in [0.25, 0.3) is 6.08 Å². The summed E-state index contributed by atoms with van der Waals surface area (Å²) in [5.74, 6) is 0. The van der Waals surface area contributed by atoms with Gasteiger partial charge in [0.25, 0.3) is 0 Å². The third-order valence-electron chi connectivity index (χ3n) is 1.91. The van der Waals surface area contributed by atoms with Crippen LogP contribution in [0.2, 0.25) is 0 Å². The molecule has 0 spiro atoms. The van der Waals surface area contributed by atoms with E-state index in [0.717, 1.165) is 17.4 Å². The smallest absolute Gasteiger partial charge is 0.145 e. The van der Waals surface area contributed by atoms with Crippen molar-refractivity contribution in [2.24, 2.45) is 0 Å². The molecule has 0 radical (unpaired) electrons. The average molecular weight is 186 g/mol. The largest absolute Gasteiger partial charge is 0.298 e. The van der Waals surface area contributed by atoms with E-state index in [2.05, 4.69) is 31.2 Å². The summed E-state index contributed by atoms with van der Waals surface area (Å²) in [6.45, 7) is 3.84. The van der Waals surface area contributed by atoms with Crippen LogP contribution in [0.5, 0.6) is 0 Å². The van der Waals surface area contributed by atoms with Crippen LogP contribution >= 0.6 is 0 Å². The number of benzene rings is 1. The minimum atomic E-state index is 0.730. The van der Waals surface area contributed by atoms with Gasteiger partial charge in [0.05, 0.1) is 0 Å². The molecule has 0 atom stereocenters. The summed E-state index contributed by atoms with van der Waals surface area (Å²) in [7, 11) is 0. The highest BCUT2D eigenvalue weighted by molar-refractivity contribution is 5.73. The Kier molecular flexibility index (Phi) is 3.86. The minimum absolute atomic E-state index is 0.730. The first-order valence-electron chi connectivity index (χ1n) is 4.59. The first kappa shape index (κ1) is 10.5. The normalized spacial score (nSPS) is 12.0. The van der Waals surface area contributed by atoms with Crippen molar-refractivity contribution in [3.05, 3.63) is 53.1 Å². The third-order valence-corrected chi connectivity index (χ3v) is 1.91. The highest BCUT2D eigenvalue weighted by atomic mass is 16.1. The topological polar surface area (TPSA) is 17.1 Å². The quantitative estimate of drug-likeness (QED) is 0.402. The number of carbonyl (C=O) groups is 1. The van der Waals surface area contributed by atoms with Gasteiger partial charge in [0.15, 0.2) is 0 Å². The van der Waals surface area contributed by atoms with Crippen LogP contribution < -0.4 is 0 Å². The number of hydrogen-bond donors (Lipinski definition) is 0. The summed E-state index contributed by atoms with van der Waals surface area (Å²) in [6, 6.07) is 8.23. The fourth-order valence-corrected chi connectivity index (χ4v) is 1.03. The number of rotatable bonds is 3. The second-order valence-electron chi connectivity index (χ2n) is 3.30. The Balaban J connectivity index is 2.69. The van der Waals surface area contributed by atoms with Crippen molar-refractivity contribution in [3.63, 3.8) is 0 Å². The molecule has 1 nitrogen and oxygen atoms in total. The lowest BCUT2D eigenvalue weighted by Gasteiger charge is -1.93. The number of aryl methyl sites for hydroxylation is 1. The van der Waals surface area contributed by atoms with Gasteiger partial charge >= 0.3 is 0 Å².